The Bertz CT molecular complexity index is 466. The first-order valence-electron chi connectivity index (χ1n) is 7.53. The Balaban J connectivity index is 1.68. The number of hydrogen-bond acceptors (Lipinski definition) is 3. The van der Waals surface area contributed by atoms with Gasteiger partial charge in [-0.3, -0.25) is 0 Å². The van der Waals surface area contributed by atoms with Crippen molar-refractivity contribution in [3.63, 3.8) is 0 Å². The zero-order valence-corrected chi connectivity index (χ0v) is 13.3. The number of hydrogen-bond donors (Lipinski definition) is 1. The Morgan fingerprint density at radius 1 is 1.25 bits per heavy atom. The number of halogens is 1. The molecule has 0 aromatic heterocycles. The van der Waals surface area contributed by atoms with Gasteiger partial charge >= 0.3 is 0 Å². The number of benzene rings is 1. The lowest BCUT2D eigenvalue weighted by Crippen LogP contribution is -2.45. The molecule has 2 aliphatic rings. The van der Waals surface area contributed by atoms with Gasteiger partial charge in [0.25, 0.3) is 0 Å². The Hall–Kier alpha value is -0.740. The molecule has 3 rings (SSSR count). The van der Waals surface area contributed by atoms with Crippen LogP contribution in [0, 0.1) is 0 Å². The van der Waals surface area contributed by atoms with Crippen molar-refractivity contribution in [2.75, 3.05) is 12.3 Å². The molecule has 2 N–H and O–H groups in total. The first-order valence-corrected chi connectivity index (χ1v) is 8.32. The molecule has 20 heavy (non-hydrogen) atoms. The minimum Gasteiger partial charge on any atom is -0.488 e. The van der Waals surface area contributed by atoms with Gasteiger partial charge in [0, 0.05) is 17.3 Å². The van der Waals surface area contributed by atoms with Crippen molar-refractivity contribution in [3.05, 3.63) is 22.7 Å². The summed E-state index contributed by atoms with van der Waals surface area (Å²) in [5, 5.41) is 0. The van der Waals surface area contributed by atoms with Gasteiger partial charge in [-0.25, -0.2) is 0 Å². The summed E-state index contributed by atoms with van der Waals surface area (Å²) in [6.45, 7) is 0.807. The highest BCUT2D eigenvalue weighted by Crippen LogP contribution is 2.40. The first-order chi connectivity index (χ1) is 9.67. The molecule has 4 heteroatoms. The smallest absolute Gasteiger partial charge is 0.142 e. The summed E-state index contributed by atoms with van der Waals surface area (Å²) in [7, 11) is 0. The highest BCUT2D eigenvalue weighted by molar-refractivity contribution is 9.10. The molecule has 1 aliphatic heterocycles. The lowest BCUT2D eigenvalue weighted by molar-refractivity contribution is -0.129. The molecule has 1 unspecified atom stereocenters. The van der Waals surface area contributed by atoms with Crippen LogP contribution in [-0.4, -0.2) is 18.3 Å². The topological polar surface area (TPSA) is 44.5 Å². The van der Waals surface area contributed by atoms with Crippen molar-refractivity contribution < 1.29 is 9.47 Å². The maximum Gasteiger partial charge on any atom is 0.142 e. The second kappa shape index (κ2) is 5.94. The molecule has 0 radical (unpaired) electrons. The molecule has 1 spiro atoms. The third-order valence-electron chi connectivity index (χ3n) is 4.48. The van der Waals surface area contributed by atoms with E-state index in [1.165, 1.54) is 32.1 Å². The van der Waals surface area contributed by atoms with Crippen LogP contribution in [0.1, 0.15) is 44.9 Å². The van der Waals surface area contributed by atoms with Crippen molar-refractivity contribution in [2.45, 2.75) is 56.7 Å². The molecule has 1 heterocycles. The Labute approximate surface area is 129 Å². The Morgan fingerprint density at radius 3 is 2.80 bits per heavy atom. The van der Waals surface area contributed by atoms with E-state index in [-0.39, 0.29) is 11.7 Å². The molecule has 0 bridgehead atoms. The van der Waals surface area contributed by atoms with Crippen LogP contribution in [0.2, 0.25) is 0 Å². The zero-order valence-electron chi connectivity index (χ0n) is 11.7. The molecular formula is C16H22BrNO2. The van der Waals surface area contributed by atoms with Gasteiger partial charge in [-0.2, -0.15) is 0 Å². The van der Waals surface area contributed by atoms with Crippen LogP contribution in [0.25, 0.3) is 0 Å². The third kappa shape index (κ3) is 3.12. The largest absolute Gasteiger partial charge is 0.488 e. The molecule has 1 aliphatic carbocycles. The molecular weight excluding hydrogens is 318 g/mol. The van der Waals surface area contributed by atoms with E-state index in [9.17, 15) is 0 Å². The molecule has 1 saturated heterocycles. The highest BCUT2D eigenvalue weighted by atomic mass is 79.9. The fourth-order valence-electron chi connectivity index (χ4n) is 3.43. The molecule has 0 amide bonds. The number of anilines is 1. The quantitative estimate of drug-likeness (QED) is 0.817. The van der Waals surface area contributed by atoms with E-state index in [1.807, 2.05) is 18.2 Å². The lowest BCUT2D eigenvalue weighted by Gasteiger charge is -2.43. The SMILES string of the molecule is Nc1cc(Br)ccc1OC1CCOC2(CCCCC2)C1. The van der Waals surface area contributed by atoms with Gasteiger partial charge in [0.15, 0.2) is 0 Å². The predicted molar refractivity (Wildman–Crippen MR) is 84.0 cm³/mol. The minimum absolute atomic E-state index is 0.0747. The van der Waals surface area contributed by atoms with Crippen LogP contribution in [0.3, 0.4) is 0 Å². The van der Waals surface area contributed by atoms with Crippen molar-refractivity contribution in [3.8, 4) is 5.75 Å². The maximum absolute atomic E-state index is 6.14. The summed E-state index contributed by atoms with van der Waals surface area (Å²) < 4.78 is 13.2. The van der Waals surface area contributed by atoms with E-state index in [4.69, 9.17) is 15.2 Å². The summed E-state index contributed by atoms with van der Waals surface area (Å²) >= 11 is 3.42. The zero-order chi connectivity index (χ0) is 14.0. The summed E-state index contributed by atoms with van der Waals surface area (Å²) in [5.74, 6) is 0.797. The predicted octanol–water partition coefficient (Wildman–Crippen LogP) is 4.29. The van der Waals surface area contributed by atoms with Crippen molar-refractivity contribution in [1.29, 1.82) is 0 Å². The third-order valence-corrected chi connectivity index (χ3v) is 4.97. The van der Waals surface area contributed by atoms with E-state index in [1.54, 1.807) is 0 Å². The lowest BCUT2D eigenvalue weighted by atomic mass is 9.79. The van der Waals surface area contributed by atoms with Crippen molar-refractivity contribution in [2.24, 2.45) is 0 Å². The van der Waals surface area contributed by atoms with E-state index in [2.05, 4.69) is 15.9 Å². The Kier molecular flexibility index (Phi) is 4.22. The van der Waals surface area contributed by atoms with Gasteiger partial charge < -0.3 is 15.2 Å². The highest BCUT2D eigenvalue weighted by Gasteiger charge is 2.39. The van der Waals surface area contributed by atoms with Gasteiger partial charge in [0.2, 0.25) is 0 Å². The van der Waals surface area contributed by atoms with E-state index in [0.29, 0.717) is 5.69 Å². The van der Waals surface area contributed by atoms with Gasteiger partial charge in [-0.1, -0.05) is 35.2 Å². The molecule has 2 fully saturated rings. The fraction of sp³-hybridized carbons (Fsp3) is 0.625. The number of ether oxygens (including phenoxy) is 2. The van der Waals surface area contributed by atoms with Crippen LogP contribution in [0.4, 0.5) is 5.69 Å². The van der Waals surface area contributed by atoms with Crippen molar-refractivity contribution in [1.82, 2.24) is 0 Å². The number of nitrogen functional groups attached to an aromatic ring is 1. The van der Waals surface area contributed by atoms with E-state index >= 15 is 0 Å². The average Bonchev–Trinajstić information content (AvgIpc) is 2.43. The number of rotatable bonds is 2. The van der Waals surface area contributed by atoms with Gasteiger partial charge in [-0.15, -0.1) is 0 Å². The van der Waals surface area contributed by atoms with E-state index in [0.717, 1.165) is 29.7 Å². The molecule has 3 nitrogen and oxygen atoms in total. The molecule has 1 aromatic rings. The van der Waals surface area contributed by atoms with Crippen LogP contribution >= 0.6 is 15.9 Å². The van der Waals surface area contributed by atoms with Crippen LogP contribution in [0.15, 0.2) is 22.7 Å². The van der Waals surface area contributed by atoms with Gasteiger partial charge in [-0.05, 0) is 31.0 Å². The summed E-state index contributed by atoms with van der Waals surface area (Å²) in [5.41, 5.74) is 6.79. The summed E-state index contributed by atoms with van der Waals surface area (Å²) in [4.78, 5) is 0. The summed E-state index contributed by atoms with van der Waals surface area (Å²) in [6, 6.07) is 5.81. The first kappa shape index (κ1) is 14.2. The summed E-state index contributed by atoms with van der Waals surface area (Å²) in [6.07, 6.45) is 8.46. The van der Waals surface area contributed by atoms with Crippen molar-refractivity contribution >= 4 is 21.6 Å². The van der Waals surface area contributed by atoms with Crippen LogP contribution in [0.5, 0.6) is 5.75 Å². The molecule has 1 saturated carbocycles. The molecule has 110 valence electrons. The van der Waals surface area contributed by atoms with Gasteiger partial charge in [0.05, 0.1) is 17.9 Å². The minimum atomic E-state index is 0.0747. The monoisotopic (exact) mass is 339 g/mol. The maximum atomic E-state index is 6.14. The normalized spacial score (nSPS) is 25.6. The van der Waals surface area contributed by atoms with Gasteiger partial charge in [0.1, 0.15) is 11.9 Å². The van der Waals surface area contributed by atoms with E-state index < -0.39 is 0 Å². The molecule has 1 atom stereocenters. The fourth-order valence-corrected chi connectivity index (χ4v) is 3.81. The number of nitrogens with two attached hydrogens (primary N) is 1. The average molecular weight is 340 g/mol. The Morgan fingerprint density at radius 2 is 2.05 bits per heavy atom. The van der Waals surface area contributed by atoms with Crippen LogP contribution in [-0.2, 0) is 4.74 Å². The van der Waals surface area contributed by atoms with Crippen LogP contribution < -0.4 is 10.5 Å². The molecule has 1 aromatic carbocycles. The standard InChI is InChI=1S/C16H22BrNO2/c17-12-4-5-15(14(18)10-12)20-13-6-9-19-16(11-13)7-2-1-3-8-16/h4-5,10,13H,1-3,6-9,11,18H2. The second-order valence-electron chi connectivity index (χ2n) is 6.01. The second-order valence-corrected chi connectivity index (χ2v) is 6.92.